The molecule has 33 heavy (non-hydrogen) atoms. The molecule has 1 saturated heterocycles. The van der Waals surface area contributed by atoms with E-state index in [1.807, 2.05) is 54.7 Å². The molecule has 166 valence electrons. The molecule has 4 aromatic rings. The van der Waals surface area contributed by atoms with Gasteiger partial charge in [-0.05, 0) is 92.3 Å². The smallest absolute Gasteiger partial charge is 0.174 e. The van der Waals surface area contributed by atoms with Crippen molar-refractivity contribution in [3.05, 3.63) is 111 Å². The Labute approximate surface area is 212 Å². The molecule has 1 fully saturated rings. The molecule has 0 amide bonds. The van der Waals surface area contributed by atoms with Crippen LogP contribution in [0.2, 0.25) is 5.02 Å². The van der Waals surface area contributed by atoms with Crippen LogP contribution in [0.3, 0.4) is 0 Å². The predicted molar refractivity (Wildman–Crippen MR) is 142 cm³/mol. The molecule has 0 bridgehead atoms. The van der Waals surface area contributed by atoms with Crippen molar-refractivity contribution in [2.45, 2.75) is 25.9 Å². The first-order valence-corrected chi connectivity index (χ1v) is 12.2. The van der Waals surface area contributed by atoms with Crippen molar-refractivity contribution >= 4 is 50.5 Å². The number of nitrogens with zero attached hydrogens (tertiary/aromatic N) is 3. The molecule has 3 heterocycles. The Balaban J connectivity index is 1.68. The highest BCUT2D eigenvalue weighted by atomic mass is 79.9. The Morgan fingerprint density at radius 1 is 0.970 bits per heavy atom. The molecule has 0 aliphatic carbocycles. The number of hydrogen-bond acceptors (Lipinski definition) is 2. The first kappa shape index (κ1) is 22.1. The zero-order valence-electron chi connectivity index (χ0n) is 18.2. The number of aromatic nitrogens is 2. The number of aryl methyl sites for hydroxylation is 1. The predicted octanol–water partition coefficient (Wildman–Crippen LogP) is 7.08. The molecule has 0 spiro atoms. The van der Waals surface area contributed by atoms with E-state index in [2.05, 4.69) is 73.8 Å². The van der Waals surface area contributed by atoms with E-state index in [1.165, 1.54) is 11.3 Å². The molecule has 7 heteroatoms. The number of benzene rings is 2. The number of halogens is 2. The lowest BCUT2D eigenvalue weighted by Gasteiger charge is -2.28. The van der Waals surface area contributed by atoms with E-state index in [0.29, 0.717) is 10.1 Å². The van der Waals surface area contributed by atoms with Crippen LogP contribution in [-0.2, 0) is 0 Å². The van der Waals surface area contributed by atoms with E-state index in [0.717, 1.165) is 27.2 Å². The van der Waals surface area contributed by atoms with Gasteiger partial charge in [-0.25, -0.2) is 0 Å². The fourth-order valence-electron chi connectivity index (χ4n) is 4.65. The molecule has 1 aliphatic heterocycles. The van der Waals surface area contributed by atoms with Gasteiger partial charge < -0.3 is 14.8 Å². The number of pyridine rings is 1. The minimum Gasteiger partial charge on any atom is -0.351 e. The van der Waals surface area contributed by atoms with Gasteiger partial charge in [0.05, 0.1) is 17.8 Å². The summed E-state index contributed by atoms with van der Waals surface area (Å²) in [5.74, 6) is 0. The van der Waals surface area contributed by atoms with Crippen molar-refractivity contribution in [1.29, 1.82) is 0 Å². The van der Waals surface area contributed by atoms with E-state index in [-0.39, 0.29) is 12.1 Å². The summed E-state index contributed by atoms with van der Waals surface area (Å²) in [5.41, 5.74) is 6.59. The first-order valence-electron chi connectivity index (χ1n) is 10.6. The molecule has 0 unspecified atom stereocenters. The normalized spacial score (nSPS) is 17.9. The average Bonchev–Trinajstić information content (AvgIpc) is 3.30. The Morgan fingerprint density at radius 3 is 2.45 bits per heavy atom. The van der Waals surface area contributed by atoms with Crippen molar-refractivity contribution < 1.29 is 0 Å². The van der Waals surface area contributed by atoms with Crippen LogP contribution in [0, 0.1) is 13.8 Å². The van der Waals surface area contributed by atoms with E-state index in [1.54, 1.807) is 0 Å². The maximum Gasteiger partial charge on any atom is 0.174 e. The Hall–Kier alpha value is -2.67. The number of thiocarbonyl (C=S) groups is 1. The maximum atomic E-state index is 6.18. The maximum absolute atomic E-state index is 6.18. The second-order valence-electron chi connectivity index (χ2n) is 8.11. The first-order chi connectivity index (χ1) is 15.9. The summed E-state index contributed by atoms with van der Waals surface area (Å²) in [6.07, 6.45) is 1.83. The van der Waals surface area contributed by atoms with E-state index >= 15 is 0 Å². The molecular formula is C26H22BrClN4S. The minimum absolute atomic E-state index is 0.0688. The van der Waals surface area contributed by atoms with Crippen molar-refractivity contribution in [3.63, 3.8) is 0 Å². The largest absolute Gasteiger partial charge is 0.351 e. The zero-order valence-corrected chi connectivity index (χ0v) is 21.3. The molecule has 1 aliphatic rings. The third-order valence-electron chi connectivity index (χ3n) is 6.06. The number of nitrogens with one attached hydrogen (secondary N) is 1. The minimum atomic E-state index is -0.0918. The van der Waals surface area contributed by atoms with Gasteiger partial charge in [-0.1, -0.05) is 39.7 Å². The molecule has 4 nitrogen and oxygen atoms in total. The van der Waals surface area contributed by atoms with Gasteiger partial charge in [0.2, 0.25) is 0 Å². The summed E-state index contributed by atoms with van der Waals surface area (Å²) in [7, 11) is 0. The summed E-state index contributed by atoms with van der Waals surface area (Å²) in [6.45, 7) is 4.31. The topological polar surface area (TPSA) is 33.1 Å². The third-order valence-corrected chi connectivity index (χ3v) is 7.12. The van der Waals surface area contributed by atoms with Crippen LogP contribution in [-0.4, -0.2) is 14.7 Å². The molecule has 2 aromatic carbocycles. The highest BCUT2D eigenvalue weighted by molar-refractivity contribution is 9.10. The molecule has 1 N–H and O–H groups in total. The summed E-state index contributed by atoms with van der Waals surface area (Å²) in [6, 6.07) is 24.3. The fraction of sp³-hybridized carbons (Fsp3) is 0.154. The number of rotatable bonds is 4. The monoisotopic (exact) mass is 536 g/mol. The zero-order chi connectivity index (χ0) is 23.1. The summed E-state index contributed by atoms with van der Waals surface area (Å²) in [5, 5.41) is 4.90. The standard InChI is InChI=1S/C26H22BrClN4S/c1-16-14-22(17(2)31(16)21-7-5-6-18(27)15-21)25-24(23-8-3-4-13-29-23)30-26(33)32(25)20-11-9-19(28)10-12-20/h3-15,24-25H,1-2H3,(H,30,33)/t24-,25+/m1/s1. The van der Waals surface area contributed by atoms with Gasteiger partial charge in [-0.3, -0.25) is 4.98 Å². The highest BCUT2D eigenvalue weighted by Crippen LogP contribution is 2.44. The van der Waals surface area contributed by atoms with Gasteiger partial charge >= 0.3 is 0 Å². The summed E-state index contributed by atoms with van der Waals surface area (Å²) < 4.78 is 3.34. The molecule has 2 aromatic heterocycles. The lowest BCUT2D eigenvalue weighted by atomic mass is 9.96. The van der Waals surface area contributed by atoms with Crippen molar-refractivity contribution in [2.24, 2.45) is 0 Å². The quantitative estimate of drug-likeness (QED) is 0.282. The number of hydrogen-bond donors (Lipinski definition) is 1. The molecule has 0 saturated carbocycles. The Bertz CT molecular complexity index is 1320. The highest BCUT2D eigenvalue weighted by Gasteiger charge is 2.42. The lowest BCUT2D eigenvalue weighted by molar-refractivity contribution is 0.565. The summed E-state index contributed by atoms with van der Waals surface area (Å²) in [4.78, 5) is 6.84. The van der Waals surface area contributed by atoms with Crippen LogP contribution in [0.15, 0.2) is 83.5 Å². The second-order valence-corrected chi connectivity index (χ2v) is 9.85. The second kappa shape index (κ2) is 8.93. The molecule has 5 rings (SSSR count). The summed E-state index contributed by atoms with van der Waals surface area (Å²) >= 11 is 15.6. The SMILES string of the molecule is Cc1cc([C@H]2[C@@H](c3ccccn3)NC(=S)N2c2ccc(Cl)cc2)c(C)n1-c1cccc(Br)c1. The van der Waals surface area contributed by atoms with Crippen LogP contribution >= 0.6 is 39.7 Å². The fourth-order valence-corrected chi connectivity index (χ4v) is 5.51. The van der Waals surface area contributed by atoms with E-state index < -0.39 is 0 Å². The Morgan fingerprint density at radius 2 is 1.76 bits per heavy atom. The van der Waals surface area contributed by atoms with Crippen LogP contribution in [0.5, 0.6) is 0 Å². The van der Waals surface area contributed by atoms with Crippen molar-refractivity contribution in [3.8, 4) is 5.69 Å². The van der Waals surface area contributed by atoms with Gasteiger partial charge in [0, 0.05) is 38.5 Å². The van der Waals surface area contributed by atoms with Crippen LogP contribution < -0.4 is 10.2 Å². The van der Waals surface area contributed by atoms with Crippen LogP contribution in [0.25, 0.3) is 5.69 Å². The molecular weight excluding hydrogens is 516 g/mol. The van der Waals surface area contributed by atoms with Gasteiger partial charge in [0.15, 0.2) is 5.11 Å². The van der Waals surface area contributed by atoms with Crippen molar-refractivity contribution in [1.82, 2.24) is 14.9 Å². The van der Waals surface area contributed by atoms with Crippen LogP contribution in [0.1, 0.15) is 34.7 Å². The van der Waals surface area contributed by atoms with Gasteiger partial charge in [0.1, 0.15) is 0 Å². The lowest BCUT2D eigenvalue weighted by Crippen LogP contribution is -2.29. The van der Waals surface area contributed by atoms with Crippen LogP contribution in [0.4, 0.5) is 5.69 Å². The van der Waals surface area contributed by atoms with Gasteiger partial charge in [-0.2, -0.15) is 0 Å². The molecule has 0 radical (unpaired) electrons. The average molecular weight is 538 g/mol. The van der Waals surface area contributed by atoms with Gasteiger partial charge in [-0.15, -0.1) is 0 Å². The van der Waals surface area contributed by atoms with E-state index in [4.69, 9.17) is 23.8 Å². The molecule has 2 atom stereocenters. The van der Waals surface area contributed by atoms with E-state index in [9.17, 15) is 0 Å². The van der Waals surface area contributed by atoms with Gasteiger partial charge in [0.25, 0.3) is 0 Å². The van der Waals surface area contributed by atoms with Crippen molar-refractivity contribution in [2.75, 3.05) is 4.90 Å². The Kier molecular flexibility index (Phi) is 5.99. The third kappa shape index (κ3) is 4.07. The number of anilines is 1.